The summed E-state index contributed by atoms with van der Waals surface area (Å²) in [4.78, 5) is 27.5. The minimum atomic E-state index is -0.558. The fraction of sp³-hybridized carbons (Fsp3) is 0.136. The van der Waals surface area contributed by atoms with E-state index in [4.69, 9.17) is 10.5 Å². The normalized spacial score (nSPS) is 9.93. The SMILES string of the molecule is NC(=O)c1ccccc1OCC#CCNC(=O)c1ccc(Cn2ccnc2)cc1. The molecule has 146 valence electrons. The van der Waals surface area contributed by atoms with Gasteiger partial charge in [0, 0.05) is 24.5 Å². The largest absolute Gasteiger partial charge is 0.480 e. The van der Waals surface area contributed by atoms with E-state index in [9.17, 15) is 9.59 Å². The number of imidazole rings is 1. The van der Waals surface area contributed by atoms with E-state index in [0.29, 0.717) is 23.4 Å². The second-order valence-corrected chi connectivity index (χ2v) is 6.12. The van der Waals surface area contributed by atoms with Gasteiger partial charge in [0.25, 0.3) is 11.8 Å². The maximum absolute atomic E-state index is 12.2. The summed E-state index contributed by atoms with van der Waals surface area (Å²) < 4.78 is 7.41. The van der Waals surface area contributed by atoms with Crippen molar-refractivity contribution in [1.29, 1.82) is 0 Å². The van der Waals surface area contributed by atoms with Crippen LogP contribution in [-0.4, -0.2) is 34.5 Å². The molecule has 0 bridgehead atoms. The lowest BCUT2D eigenvalue weighted by Gasteiger charge is -2.06. The average molecular weight is 388 g/mol. The number of carbonyl (C=O) groups excluding carboxylic acids is 2. The summed E-state index contributed by atoms with van der Waals surface area (Å²) in [7, 11) is 0. The molecule has 0 saturated heterocycles. The molecule has 2 amide bonds. The van der Waals surface area contributed by atoms with Crippen molar-refractivity contribution in [1.82, 2.24) is 14.9 Å². The zero-order chi connectivity index (χ0) is 20.5. The average Bonchev–Trinajstić information content (AvgIpc) is 3.24. The molecule has 0 fully saturated rings. The predicted octanol–water partition coefficient (Wildman–Crippen LogP) is 1.84. The van der Waals surface area contributed by atoms with Gasteiger partial charge >= 0.3 is 0 Å². The van der Waals surface area contributed by atoms with Crippen LogP contribution in [0.15, 0.2) is 67.3 Å². The number of aromatic nitrogens is 2. The van der Waals surface area contributed by atoms with Crippen molar-refractivity contribution in [3.05, 3.63) is 83.9 Å². The van der Waals surface area contributed by atoms with E-state index in [2.05, 4.69) is 22.1 Å². The van der Waals surface area contributed by atoms with E-state index in [0.717, 1.165) is 5.56 Å². The van der Waals surface area contributed by atoms with E-state index in [-0.39, 0.29) is 19.1 Å². The van der Waals surface area contributed by atoms with Crippen LogP contribution in [0.4, 0.5) is 0 Å². The lowest BCUT2D eigenvalue weighted by Crippen LogP contribution is -2.23. The summed E-state index contributed by atoms with van der Waals surface area (Å²) in [5, 5.41) is 2.73. The Morgan fingerprint density at radius 2 is 1.90 bits per heavy atom. The van der Waals surface area contributed by atoms with Gasteiger partial charge in [0.1, 0.15) is 12.4 Å². The number of para-hydroxylation sites is 1. The summed E-state index contributed by atoms with van der Waals surface area (Å²) in [5.41, 5.74) is 7.24. The topological polar surface area (TPSA) is 99.2 Å². The summed E-state index contributed by atoms with van der Waals surface area (Å²) in [5.74, 6) is 5.23. The zero-order valence-electron chi connectivity index (χ0n) is 15.7. The van der Waals surface area contributed by atoms with E-state index < -0.39 is 5.91 Å². The van der Waals surface area contributed by atoms with Gasteiger partial charge in [-0.05, 0) is 29.8 Å². The lowest BCUT2D eigenvalue weighted by atomic mass is 10.1. The van der Waals surface area contributed by atoms with Gasteiger partial charge in [-0.25, -0.2) is 4.98 Å². The number of carbonyl (C=O) groups is 2. The van der Waals surface area contributed by atoms with Gasteiger partial charge in [-0.15, -0.1) is 0 Å². The molecule has 3 aromatic rings. The highest BCUT2D eigenvalue weighted by atomic mass is 16.5. The first-order valence-electron chi connectivity index (χ1n) is 8.94. The predicted molar refractivity (Wildman–Crippen MR) is 108 cm³/mol. The highest BCUT2D eigenvalue weighted by Crippen LogP contribution is 2.16. The van der Waals surface area contributed by atoms with Gasteiger partial charge in [-0.3, -0.25) is 9.59 Å². The molecule has 0 saturated carbocycles. The molecule has 3 rings (SSSR count). The van der Waals surface area contributed by atoms with Gasteiger partial charge in [0.2, 0.25) is 0 Å². The first-order valence-corrected chi connectivity index (χ1v) is 8.94. The first kappa shape index (κ1) is 19.7. The molecule has 29 heavy (non-hydrogen) atoms. The number of hydrogen-bond donors (Lipinski definition) is 2. The fourth-order valence-corrected chi connectivity index (χ4v) is 2.60. The van der Waals surface area contributed by atoms with Gasteiger partial charge < -0.3 is 20.4 Å². The molecule has 7 nitrogen and oxygen atoms in total. The van der Waals surface area contributed by atoms with Crippen molar-refractivity contribution in [3.63, 3.8) is 0 Å². The maximum Gasteiger partial charge on any atom is 0.252 e. The number of hydrogen-bond acceptors (Lipinski definition) is 4. The number of amides is 2. The fourth-order valence-electron chi connectivity index (χ4n) is 2.60. The van der Waals surface area contributed by atoms with Gasteiger partial charge in [0.15, 0.2) is 0 Å². The molecule has 0 aliphatic carbocycles. The third kappa shape index (κ3) is 5.71. The smallest absolute Gasteiger partial charge is 0.252 e. The van der Waals surface area contributed by atoms with Crippen molar-refractivity contribution < 1.29 is 14.3 Å². The van der Waals surface area contributed by atoms with Crippen LogP contribution in [0, 0.1) is 11.8 Å². The number of nitrogens with one attached hydrogen (secondary N) is 1. The Hall–Kier alpha value is -4.05. The molecular weight excluding hydrogens is 368 g/mol. The number of primary amides is 1. The molecule has 1 aromatic heterocycles. The van der Waals surface area contributed by atoms with E-state index in [1.165, 1.54) is 0 Å². The van der Waals surface area contributed by atoms with E-state index in [1.54, 1.807) is 48.9 Å². The van der Waals surface area contributed by atoms with Crippen LogP contribution in [0.25, 0.3) is 0 Å². The maximum atomic E-state index is 12.2. The van der Waals surface area contributed by atoms with Crippen LogP contribution >= 0.6 is 0 Å². The Morgan fingerprint density at radius 3 is 2.62 bits per heavy atom. The molecule has 0 atom stereocenters. The van der Waals surface area contributed by atoms with Crippen LogP contribution < -0.4 is 15.8 Å². The molecule has 7 heteroatoms. The monoisotopic (exact) mass is 388 g/mol. The van der Waals surface area contributed by atoms with Crippen molar-refractivity contribution in [2.75, 3.05) is 13.2 Å². The molecule has 0 spiro atoms. The van der Waals surface area contributed by atoms with Crippen LogP contribution in [-0.2, 0) is 6.54 Å². The minimum Gasteiger partial charge on any atom is -0.480 e. The molecule has 3 N–H and O–H groups in total. The van der Waals surface area contributed by atoms with Crippen LogP contribution in [0.2, 0.25) is 0 Å². The van der Waals surface area contributed by atoms with Gasteiger partial charge in [-0.1, -0.05) is 36.1 Å². The zero-order valence-corrected chi connectivity index (χ0v) is 15.7. The summed E-state index contributed by atoms with van der Waals surface area (Å²) in [6.45, 7) is 0.978. The van der Waals surface area contributed by atoms with Crippen LogP contribution in [0.5, 0.6) is 5.75 Å². The van der Waals surface area contributed by atoms with Crippen molar-refractivity contribution >= 4 is 11.8 Å². The summed E-state index contributed by atoms with van der Waals surface area (Å²) in [6.07, 6.45) is 5.36. The molecule has 0 radical (unpaired) electrons. The first-order chi connectivity index (χ1) is 14.1. The Labute approximate surface area is 168 Å². The highest BCUT2D eigenvalue weighted by molar-refractivity contribution is 5.95. The number of rotatable bonds is 7. The molecular formula is C22H20N4O3. The molecule has 0 aliphatic heterocycles. The molecule has 2 aromatic carbocycles. The number of nitrogens with two attached hydrogens (primary N) is 1. The molecule has 0 aliphatic rings. The molecule has 0 unspecified atom stereocenters. The number of ether oxygens (including phenoxy) is 1. The number of benzene rings is 2. The summed E-state index contributed by atoms with van der Waals surface area (Å²) >= 11 is 0. The molecule has 1 heterocycles. The lowest BCUT2D eigenvalue weighted by molar-refractivity contribution is 0.0956. The van der Waals surface area contributed by atoms with E-state index in [1.807, 2.05) is 22.9 Å². The van der Waals surface area contributed by atoms with Gasteiger partial charge in [0.05, 0.1) is 18.4 Å². The quantitative estimate of drug-likeness (QED) is 0.603. The Bertz CT molecular complexity index is 1030. The second-order valence-electron chi connectivity index (χ2n) is 6.12. The van der Waals surface area contributed by atoms with Crippen LogP contribution in [0.3, 0.4) is 0 Å². The van der Waals surface area contributed by atoms with Crippen molar-refractivity contribution in [3.8, 4) is 17.6 Å². The third-order valence-electron chi connectivity index (χ3n) is 4.06. The Kier molecular flexibility index (Phi) is 6.63. The number of nitrogens with zero attached hydrogens (tertiary/aromatic N) is 2. The minimum absolute atomic E-state index is 0.0864. The standard InChI is InChI=1S/C22H20N4O3/c23-21(27)19-5-1-2-6-20(19)29-14-4-3-11-25-22(28)18-9-7-17(8-10-18)15-26-13-12-24-16-26/h1-2,5-10,12-13,16H,11,14-15H2,(H2,23,27)(H,25,28). The highest BCUT2D eigenvalue weighted by Gasteiger charge is 2.07. The Morgan fingerprint density at radius 1 is 1.10 bits per heavy atom. The van der Waals surface area contributed by atoms with Crippen molar-refractivity contribution in [2.45, 2.75) is 6.54 Å². The van der Waals surface area contributed by atoms with Crippen LogP contribution in [0.1, 0.15) is 26.3 Å². The van der Waals surface area contributed by atoms with E-state index >= 15 is 0 Å². The summed E-state index contributed by atoms with van der Waals surface area (Å²) in [6, 6.07) is 14.1. The van der Waals surface area contributed by atoms with Gasteiger partial charge in [-0.2, -0.15) is 0 Å². The third-order valence-corrected chi connectivity index (χ3v) is 4.06. The second kappa shape index (κ2) is 9.76. The Balaban J connectivity index is 1.44. The van der Waals surface area contributed by atoms with Crippen molar-refractivity contribution in [2.24, 2.45) is 5.73 Å².